The zero-order valence-corrected chi connectivity index (χ0v) is 15.5. The van der Waals surface area contributed by atoms with Gasteiger partial charge in [-0.2, -0.15) is 0 Å². The Balaban J connectivity index is 1.50. The van der Waals surface area contributed by atoms with Crippen LogP contribution >= 0.6 is 11.3 Å². The number of hydrogen-bond acceptors (Lipinski definition) is 5. The molecular weight excluding hydrogens is 346 g/mol. The van der Waals surface area contributed by atoms with Crippen molar-refractivity contribution in [2.24, 2.45) is 0 Å². The number of carbonyl (C=O) groups is 1. The Labute approximate surface area is 156 Å². The molecule has 4 rings (SSSR count). The number of rotatable bonds is 4. The fraction of sp³-hybridized carbons (Fsp3) is 0.368. The molecule has 1 fully saturated rings. The number of nitrogens with zero attached hydrogens (tertiary/aromatic N) is 5. The van der Waals surface area contributed by atoms with Crippen molar-refractivity contribution in [2.75, 3.05) is 13.1 Å². The van der Waals surface area contributed by atoms with Crippen LogP contribution in [-0.2, 0) is 6.54 Å². The molecule has 1 amide bonds. The first-order valence-corrected chi connectivity index (χ1v) is 9.70. The van der Waals surface area contributed by atoms with Crippen molar-refractivity contribution >= 4 is 17.2 Å². The Morgan fingerprint density at radius 1 is 1.38 bits per heavy atom. The summed E-state index contributed by atoms with van der Waals surface area (Å²) in [6.45, 7) is 4.16. The van der Waals surface area contributed by atoms with Gasteiger partial charge in [0.15, 0.2) is 0 Å². The third-order valence-electron chi connectivity index (χ3n) is 4.74. The molecule has 0 spiro atoms. The van der Waals surface area contributed by atoms with Crippen LogP contribution in [-0.4, -0.2) is 43.4 Å². The summed E-state index contributed by atoms with van der Waals surface area (Å²) in [5.74, 6) is 1.32. The van der Waals surface area contributed by atoms with Crippen molar-refractivity contribution in [1.29, 1.82) is 0 Å². The number of imidazole rings is 1. The van der Waals surface area contributed by atoms with Crippen molar-refractivity contribution < 1.29 is 4.79 Å². The number of amides is 1. The zero-order valence-electron chi connectivity index (χ0n) is 14.7. The standard InChI is InChI=1S/C19H21N5OS/c1-14-22-17(13-26-14)19(25)24-8-3-5-16(12-24)18-21-7-9-23(18)11-15-4-2-6-20-10-15/h2,4,6-7,9-10,13,16H,3,5,8,11-12H2,1H3/t16-/m1/s1. The first-order chi connectivity index (χ1) is 12.7. The molecule has 1 aliphatic heterocycles. The van der Waals surface area contributed by atoms with Gasteiger partial charge in [-0.15, -0.1) is 11.3 Å². The lowest BCUT2D eigenvalue weighted by molar-refractivity contribution is 0.0698. The van der Waals surface area contributed by atoms with Crippen LogP contribution in [0.1, 0.15) is 45.6 Å². The van der Waals surface area contributed by atoms with Crippen molar-refractivity contribution in [3.63, 3.8) is 0 Å². The molecule has 4 heterocycles. The average molecular weight is 367 g/mol. The summed E-state index contributed by atoms with van der Waals surface area (Å²) in [5, 5.41) is 2.78. The molecule has 0 aliphatic carbocycles. The van der Waals surface area contributed by atoms with Crippen LogP contribution in [0.5, 0.6) is 0 Å². The zero-order chi connectivity index (χ0) is 17.9. The van der Waals surface area contributed by atoms with Crippen LogP contribution in [0.3, 0.4) is 0 Å². The number of pyridine rings is 1. The van der Waals surface area contributed by atoms with E-state index in [1.54, 1.807) is 6.20 Å². The summed E-state index contributed by atoms with van der Waals surface area (Å²) >= 11 is 1.52. The first kappa shape index (κ1) is 16.9. The maximum Gasteiger partial charge on any atom is 0.273 e. The van der Waals surface area contributed by atoms with Gasteiger partial charge in [-0.3, -0.25) is 9.78 Å². The third-order valence-corrected chi connectivity index (χ3v) is 5.51. The molecule has 0 radical (unpaired) electrons. The van der Waals surface area contributed by atoms with E-state index < -0.39 is 0 Å². The molecule has 3 aromatic heterocycles. The summed E-state index contributed by atoms with van der Waals surface area (Å²) in [6.07, 6.45) is 9.54. The van der Waals surface area contributed by atoms with E-state index in [1.807, 2.05) is 41.9 Å². The van der Waals surface area contributed by atoms with E-state index in [2.05, 4.69) is 25.6 Å². The molecule has 0 aromatic carbocycles. The fourth-order valence-corrected chi connectivity index (χ4v) is 4.09. The van der Waals surface area contributed by atoms with Crippen molar-refractivity contribution in [3.8, 4) is 0 Å². The topological polar surface area (TPSA) is 63.9 Å². The molecule has 26 heavy (non-hydrogen) atoms. The maximum atomic E-state index is 12.7. The van der Waals surface area contributed by atoms with E-state index in [-0.39, 0.29) is 11.8 Å². The first-order valence-electron chi connectivity index (χ1n) is 8.82. The molecule has 1 saturated heterocycles. The Hall–Kier alpha value is -2.54. The van der Waals surface area contributed by atoms with E-state index in [0.29, 0.717) is 12.2 Å². The van der Waals surface area contributed by atoms with Gasteiger partial charge in [-0.25, -0.2) is 9.97 Å². The minimum atomic E-state index is 0.0319. The van der Waals surface area contributed by atoms with Crippen molar-refractivity contribution in [2.45, 2.75) is 32.2 Å². The molecule has 134 valence electrons. The molecule has 0 bridgehead atoms. The maximum absolute atomic E-state index is 12.7. The predicted octanol–water partition coefficient (Wildman–Crippen LogP) is 3.11. The summed E-state index contributed by atoms with van der Waals surface area (Å²) < 4.78 is 2.17. The van der Waals surface area contributed by atoms with Gasteiger partial charge in [0.1, 0.15) is 11.5 Å². The lowest BCUT2D eigenvalue weighted by Crippen LogP contribution is -2.40. The summed E-state index contributed by atoms with van der Waals surface area (Å²) in [5.41, 5.74) is 1.71. The highest BCUT2D eigenvalue weighted by atomic mass is 32.1. The van der Waals surface area contributed by atoms with E-state index >= 15 is 0 Å². The van der Waals surface area contributed by atoms with Gasteiger partial charge in [0.2, 0.25) is 0 Å². The van der Waals surface area contributed by atoms with Crippen LogP contribution < -0.4 is 0 Å². The molecule has 1 atom stereocenters. The van der Waals surface area contributed by atoms with Crippen LogP contribution in [0.25, 0.3) is 0 Å². The van der Waals surface area contributed by atoms with Crippen molar-refractivity contribution in [1.82, 2.24) is 24.4 Å². The fourth-order valence-electron chi connectivity index (χ4n) is 3.50. The van der Waals surface area contributed by atoms with E-state index in [4.69, 9.17) is 0 Å². The van der Waals surface area contributed by atoms with E-state index in [0.717, 1.165) is 42.3 Å². The highest BCUT2D eigenvalue weighted by Gasteiger charge is 2.28. The van der Waals surface area contributed by atoms with E-state index in [1.165, 1.54) is 11.3 Å². The molecule has 3 aromatic rings. The largest absolute Gasteiger partial charge is 0.337 e. The predicted molar refractivity (Wildman–Crippen MR) is 100 cm³/mol. The van der Waals surface area contributed by atoms with Gasteiger partial charge in [-0.1, -0.05) is 6.07 Å². The number of aromatic nitrogens is 4. The van der Waals surface area contributed by atoms with Gasteiger partial charge in [-0.05, 0) is 31.4 Å². The number of aryl methyl sites for hydroxylation is 1. The highest BCUT2D eigenvalue weighted by Crippen LogP contribution is 2.27. The van der Waals surface area contributed by atoms with Gasteiger partial charge in [0, 0.05) is 49.2 Å². The Morgan fingerprint density at radius 2 is 2.31 bits per heavy atom. The lowest BCUT2D eigenvalue weighted by Gasteiger charge is -2.32. The summed E-state index contributed by atoms with van der Waals surface area (Å²) in [4.78, 5) is 27.8. The number of carbonyl (C=O) groups excluding carboxylic acids is 1. The molecular formula is C19H21N5OS. The molecule has 0 N–H and O–H groups in total. The molecule has 6 nitrogen and oxygen atoms in total. The molecule has 0 unspecified atom stereocenters. The van der Waals surface area contributed by atoms with Gasteiger partial charge < -0.3 is 9.47 Å². The number of likely N-dealkylation sites (tertiary alicyclic amines) is 1. The Kier molecular flexibility index (Phi) is 4.79. The quantitative estimate of drug-likeness (QED) is 0.711. The minimum Gasteiger partial charge on any atom is -0.337 e. The Bertz CT molecular complexity index is 888. The van der Waals surface area contributed by atoms with Crippen LogP contribution in [0.4, 0.5) is 0 Å². The van der Waals surface area contributed by atoms with E-state index in [9.17, 15) is 4.79 Å². The molecule has 0 saturated carbocycles. The molecule has 7 heteroatoms. The number of hydrogen-bond donors (Lipinski definition) is 0. The number of piperidine rings is 1. The minimum absolute atomic E-state index is 0.0319. The second-order valence-electron chi connectivity index (χ2n) is 6.62. The summed E-state index contributed by atoms with van der Waals surface area (Å²) in [6, 6.07) is 4.01. The second-order valence-corrected chi connectivity index (χ2v) is 7.68. The van der Waals surface area contributed by atoms with Gasteiger partial charge >= 0.3 is 0 Å². The third kappa shape index (κ3) is 3.53. The van der Waals surface area contributed by atoms with Crippen molar-refractivity contribution in [3.05, 3.63) is 64.4 Å². The average Bonchev–Trinajstić information content (AvgIpc) is 3.31. The van der Waals surface area contributed by atoms with Crippen LogP contribution in [0, 0.1) is 6.92 Å². The normalized spacial score (nSPS) is 17.4. The monoisotopic (exact) mass is 367 g/mol. The molecule has 1 aliphatic rings. The van der Waals surface area contributed by atoms with Crippen LogP contribution in [0.2, 0.25) is 0 Å². The van der Waals surface area contributed by atoms with Crippen LogP contribution in [0.15, 0.2) is 42.3 Å². The number of thiazole rings is 1. The highest BCUT2D eigenvalue weighted by molar-refractivity contribution is 7.09. The van der Waals surface area contributed by atoms with Gasteiger partial charge in [0.05, 0.1) is 11.6 Å². The second kappa shape index (κ2) is 7.37. The smallest absolute Gasteiger partial charge is 0.273 e. The summed E-state index contributed by atoms with van der Waals surface area (Å²) in [7, 11) is 0. The SMILES string of the molecule is Cc1nc(C(=O)N2CCC[C@@H](c3nccn3Cc3cccnc3)C2)cs1. The lowest BCUT2D eigenvalue weighted by atomic mass is 9.96. The Morgan fingerprint density at radius 3 is 3.08 bits per heavy atom. The van der Waals surface area contributed by atoms with Gasteiger partial charge in [0.25, 0.3) is 5.91 Å².